The van der Waals surface area contributed by atoms with Crippen molar-refractivity contribution in [1.82, 2.24) is 4.98 Å². The molecule has 4 nitrogen and oxygen atoms in total. The van der Waals surface area contributed by atoms with Gasteiger partial charge in [0.05, 0.1) is 10.6 Å². The summed E-state index contributed by atoms with van der Waals surface area (Å²) >= 11 is 9.45. The van der Waals surface area contributed by atoms with Crippen molar-refractivity contribution >= 4 is 44.9 Å². The molecule has 0 spiro atoms. The first-order valence-electron chi connectivity index (χ1n) is 5.87. The van der Waals surface area contributed by atoms with Gasteiger partial charge in [0.15, 0.2) is 0 Å². The van der Waals surface area contributed by atoms with Crippen LogP contribution in [0.1, 0.15) is 21.5 Å². The van der Waals surface area contributed by atoms with E-state index in [4.69, 9.17) is 17.3 Å². The number of aryl methyl sites for hydroxylation is 2. The first-order chi connectivity index (χ1) is 9.38. The average molecular weight is 355 g/mol. The molecule has 20 heavy (non-hydrogen) atoms. The van der Waals surface area contributed by atoms with Gasteiger partial charge in [0, 0.05) is 16.4 Å². The quantitative estimate of drug-likeness (QED) is 0.858. The molecule has 0 saturated carbocycles. The van der Waals surface area contributed by atoms with Crippen molar-refractivity contribution in [2.75, 3.05) is 11.1 Å². The number of nitrogens with one attached hydrogen (secondary N) is 1. The number of nitrogens with zero attached hydrogens (tertiary/aromatic N) is 1. The molecule has 6 heteroatoms. The van der Waals surface area contributed by atoms with Gasteiger partial charge in [-0.1, -0.05) is 27.5 Å². The lowest BCUT2D eigenvalue weighted by Gasteiger charge is -2.10. The standard InChI is InChI=1S/C14H13BrClN3O/c1-7-3-9(4-8(2)13(7)15)19-14(20)10-5-12(17)18-6-11(10)16/h3-6H,1-2H3,(H2,17,18)(H,19,20). The number of anilines is 2. The third-order valence-corrected chi connectivity index (χ3v) is 4.37. The number of carbonyl (C=O) groups is 1. The van der Waals surface area contributed by atoms with Crippen molar-refractivity contribution in [2.45, 2.75) is 13.8 Å². The van der Waals surface area contributed by atoms with Gasteiger partial charge in [-0.25, -0.2) is 4.98 Å². The van der Waals surface area contributed by atoms with E-state index in [-0.39, 0.29) is 16.7 Å². The highest BCUT2D eigenvalue weighted by Gasteiger charge is 2.12. The first-order valence-corrected chi connectivity index (χ1v) is 7.04. The predicted octanol–water partition coefficient (Wildman–Crippen LogP) is 3.95. The van der Waals surface area contributed by atoms with Crippen molar-refractivity contribution in [2.24, 2.45) is 0 Å². The summed E-state index contributed by atoms with van der Waals surface area (Å²) in [7, 11) is 0. The van der Waals surface area contributed by atoms with Crippen LogP contribution in [0.2, 0.25) is 5.02 Å². The number of rotatable bonds is 2. The summed E-state index contributed by atoms with van der Waals surface area (Å²) in [5, 5.41) is 3.07. The maximum Gasteiger partial charge on any atom is 0.257 e. The van der Waals surface area contributed by atoms with Crippen molar-refractivity contribution < 1.29 is 4.79 Å². The Morgan fingerprint density at radius 2 is 1.90 bits per heavy atom. The van der Waals surface area contributed by atoms with Crippen LogP contribution in [0.15, 0.2) is 28.9 Å². The average Bonchev–Trinajstić information content (AvgIpc) is 2.38. The molecule has 0 aliphatic heterocycles. The van der Waals surface area contributed by atoms with Crippen molar-refractivity contribution in [3.05, 3.63) is 50.6 Å². The predicted molar refractivity (Wildman–Crippen MR) is 85.2 cm³/mol. The number of nitrogens with two attached hydrogens (primary N) is 1. The van der Waals surface area contributed by atoms with Crippen molar-refractivity contribution in [3.8, 4) is 0 Å². The van der Waals surface area contributed by atoms with Gasteiger partial charge in [0.25, 0.3) is 5.91 Å². The highest BCUT2D eigenvalue weighted by atomic mass is 79.9. The molecule has 104 valence electrons. The SMILES string of the molecule is Cc1cc(NC(=O)c2cc(N)ncc2Cl)cc(C)c1Br. The van der Waals surface area contributed by atoms with Crippen LogP contribution in [0.4, 0.5) is 11.5 Å². The number of hydrogen-bond acceptors (Lipinski definition) is 3. The van der Waals surface area contributed by atoms with Crippen LogP contribution in [0.3, 0.4) is 0 Å². The van der Waals surface area contributed by atoms with Crippen LogP contribution in [-0.4, -0.2) is 10.9 Å². The highest BCUT2D eigenvalue weighted by molar-refractivity contribution is 9.10. The van der Waals surface area contributed by atoms with Crippen molar-refractivity contribution in [1.29, 1.82) is 0 Å². The second kappa shape index (κ2) is 5.81. The molecule has 3 N–H and O–H groups in total. The molecule has 1 aromatic heterocycles. The number of aromatic nitrogens is 1. The van der Waals surface area contributed by atoms with Gasteiger partial charge in [-0.2, -0.15) is 0 Å². The molecule has 0 radical (unpaired) electrons. The number of halogens is 2. The van der Waals surface area contributed by atoms with Gasteiger partial charge >= 0.3 is 0 Å². The first kappa shape index (κ1) is 14.8. The lowest BCUT2D eigenvalue weighted by molar-refractivity contribution is 0.102. The monoisotopic (exact) mass is 353 g/mol. The fourth-order valence-electron chi connectivity index (χ4n) is 1.85. The number of carbonyl (C=O) groups excluding carboxylic acids is 1. The fourth-order valence-corrected chi connectivity index (χ4v) is 2.26. The zero-order valence-corrected chi connectivity index (χ0v) is 13.3. The summed E-state index contributed by atoms with van der Waals surface area (Å²) < 4.78 is 1.03. The minimum absolute atomic E-state index is 0.253. The number of hydrogen-bond donors (Lipinski definition) is 2. The summed E-state index contributed by atoms with van der Waals surface area (Å²) in [6, 6.07) is 5.22. The molecule has 0 saturated heterocycles. The Hall–Kier alpha value is -1.59. The Morgan fingerprint density at radius 3 is 2.50 bits per heavy atom. The van der Waals surface area contributed by atoms with Gasteiger partial charge in [0.1, 0.15) is 5.82 Å². The van der Waals surface area contributed by atoms with Crippen LogP contribution in [0.5, 0.6) is 0 Å². The van der Waals surface area contributed by atoms with Crippen LogP contribution < -0.4 is 11.1 Å². The molecule has 2 rings (SSSR count). The summed E-state index contributed by atoms with van der Waals surface area (Å²) in [6.45, 7) is 3.92. The van der Waals surface area contributed by atoms with Gasteiger partial charge in [-0.15, -0.1) is 0 Å². The molecule has 1 aromatic carbocycles. The maximum absolute atomic E-state index is 12.2. The van der Waals surface area contributed by atoms with Gasteiger partial charge in [-0.3, -0.25) is 4.79 Å². The van der Waals surface area contributed by atoms with E-state index in [1.165, 1.54) is 12.3 Å². The Kier molecular flexibility index (Phi) is 4.30. The molecular formula is C14H13BrClN3O. The molecule has 0 fully saturated rings. The Morgan fingerprint density at radius 1 is 1.30 bits per heavy atom. The van der Waals surface area contributed by atoms with Gasteiger partial charge < -0.3 is 11.1 Å². The minimum atomic E-state index is -0.315. The molecule has 0 aliphatic carbocycles. The molecule has 2 aromatic rings. The third kappa shape index (κ3) is 3.11. The zero-order valence-electron chi connectivity index (χ0n) is 11.0. The molecule has 0 bridgehead atoms. The normalized spacial score (nSPS) is 10.4. The van der Waals surface area contributed by atoms with Gasteiger partial charge in [0.2, 0.25) is 0 Å². The third-order valence-electron chi connectivity index (χ3n) is 2.82. The smallest absolute Gasteiger partial charge is 0.257 e. The summed E-state index contributed by atoms with van der Waals surface area (Å²) in [5.74, 6) is -0.0621. The Balaban J connectivity index is 2.30. The Labute approximate surface area is 130 Å². The van der Waals surface area contributed by atoms with E-state index in [1.54, 1.807) is 0 Å². The molecule has 0 aliphatic rings. The summed E-state index contributed by atoms with van der Waals surface area (Å²) in [6.07, 6.45) is 1.36. The van der Waals surface area contributed by atoms with E-state index in [0.717, 1.165) is 15.6 Å². The molecule has 0 unspecified atom stereocenters. The van der Waals surface area contributed by atoms with Crippen LogP contribution in [-0.2, 0) is 0 Å². The van der Waals surface area contributed by atoms with Crippen LogP contribution >= 0.6 is 27.5 Å². The van der Waals surface area contributed by atoms with Crippen molar-refractivity contribution in [3.63, 3.8) is 0 Å². The van der Waals surface area contributed by atoms with Gasteiger partial charge in [-0.05, 0) is 43.2 Å². The number of nitrogen functional groups attached to an aromatic ring is 1. The molecule has 0 atom stereocenters. The van der Waals surface area contributed by atoms with E-state index in [1.807, 2.05) is 26.0 Å². The Bertz CT molecular complexity index is 665. The van der Waals surface area contributed by atoms with E-state index >= 15 is 0 Å². The van der Waals surface area contributed by atoms with Crippen LogP contribution in [0, 0.1) is 13.8 Å². The summed E-state index contributed by atoms with van der Waals surface area (Å²) in [4.78, 5) is 16.0. The lowest BCUT2D eigenvalue weighted by Crippen LogP contribution is -2.13. The highest BCUT2D eigenvalue weighted by Crippen LogP contribution is 2.26. The topological polar surface area (TPSA) is 68.0 Å². The maximum atomic E-state index is 12.2. The van der Waals surface area contributed by atoms with E-state index in [2.05, 4.69) is 26.2 Å². The zero-order chi connectivity index (χ0) is 14.9. The molecule has 1 heterocycles. The fraction of sp³-hybridized carbons (Fsp3) is 0.143. The molecule has 1 amide bonds. The lowest BCUT2D eigenvalue weighted by atomic mass is 10.1. The molecular weight excluding hydrogens is 342 g/mol. The van der Waals surface area contributed by atoms with E-state index in [0.29, 0.717) is 11.3 Å². The second-order valence-electron chi connectivity index (χ2n) is 4.47. The number of pyridine rings is 1. The minimum Gasteiger partial charge on any atom is -0.384 e. The largest absolute Gasteiger partial charge is 0.384 e. The van der Waals surface area contributed by atoms with E-state index < -0.39 is 0 Å². The number of benzene rings is 1. The summed E-state index contributed by atoms with van der Waals surface area (Å²) in [5.41, 5.74) is 8.67. The van der Waals surface area contributed by atoms with E-state index in [9.17, 15) is 4.79 Å². The van der Waals surface area contributed by atoms with Crippen LogP contribution in [0.25, 0.3) is 0 Å². The number of amides is 1. The second-order valence-corrected chi connectivity index (χ2v) is 5.67.